The lowest BCUT2D eigenvalue weighted by Crippen LogP contribution is -2.27. The molecule has 0 unspecified atom stereocenters. The average Bonchev–Trinajstić information content (AvgIpc) is 2.85. The Morgan fingerprint density at radius 3 is 2.55 bits per heavy atom. The highest BCUT2D eigenvalue weighted by Gasteiger charge is 2.20. The fourth-order valence-electron chi connectivity index (χ4n) is 1.90. The van der Waals surface area contributed by atoms with Crippen molar-refractivity contribution in [1.29, 1.82) is 0 Å². The molecule has 0 aliphatic carbocycles. The standard InChI is InChI=1S/C17H17NO2/c1-5-13-9-6-7-10-14(13)15-11-8-12-18(15)16(19)20-17(2,3)4/h1,6-12H,2-4H3. The molecular formula is C17H17NO2. The number of carbonyl (C=O) groups excluding carboxylic acids is 1. The van der Waals surface area contributed by atoms with E-state index in [0.717, 1.165) is 16.8 Å². The molecular weight excluding hydrogens is 250 g/mol. The summed E-state index contributed by atoms with van der Waals surface area (Å²) < 4.78 is 6.86. The number of rotatable bonds is 1. The van der Waals surface area contributed by atoms with Crippen molar-refractivity contribution in [2.45, 2.75) is 26.4 Å². The Labute approximate surface area is 119 Å². The van der Waals surface area contributed by atoms with Crippen LogP contribution in [-0.4, -0.2) is 16.3 Å². The van der Waals surface area contributed by atoms with E-state index >= 15 is 0 Å². The number of hydrogen-bond acceptors (Lipinski definition) is 2. The molecule has 0 aliphatic rings. The van der Waals surface area contributed by atoms with Gasteiger partial charge in [0, 0.05) is 17.3 Å². The van der Waals surface area contributed by atoms with Crippen molar-refractivity contribution in [2.75, 3.05) is 0 Å². The third-order valence-electron chi connectivity index (χ3n) is 2.70. The lowest BCUT2D eigenvalue weighted by atomic mass is 10.1. The minimum atomic E-state index is -0.537. The van der Waals surface area contributed by atoms with E-state index in [2.05, 4.69) is 5.92 Å². The molecule has 20 heavy (non-hydrogen) atoms. The quantitative estimate of drug-likeness (QED) is 0.733. The summed E-state index contributed by atoms with van der Waals surface area (Å²) in [6, 6.07) is 11.2. The van der Waals surface area contributed by atoms with Crippen LogP contribution in [0.3, 0.4) is 0 Å². The van der Waals surface area contributed by atoms with Crippen LogP contribution in [0.5, 0.6) is 0 Å². The fourth-order valence-corrected chi connectivity index (χ4v) is 1.90. The Kier molecular flexibility index (Phi) is 3.67. The van der Waals surface area contributed by atoms with Gasteiger partial charge in [0.1, 0.15) is 5.60 Å². The van der Waals surface area contributed by atoms with Crippen LogP contribution in [0.1, 0.15) is 26.3 Å². The van der Waals surface area contributed by atoms with E-state index in [-0.39, 0.29) is 0 Å². The van der Waals surface area contributed by atoms with E-state index in [4.69, 9.17) is 11.2 Å². The molecule has 1 heterocycles. The highest BCUT2D eigenvalue weighted by molar-refractivity contribution is 5.80. The van der Waals surface area contributed by atoms with Crippen LogP contribution in [0.15, 0.2) is 42.6 Å². The summed E-state index contributed by atoms with van der Waals surface area (Å²) in [6.07, 6.45) is 6.77. The van der Waals surface area contributed by atoms with Crippen molar-refractivity contribution in [1.82, 2.24) is 4.57 Å². The van der Waals surface area contributed by atoms with E-state index in [1.54, 1.807) is 12.3 Å². The van der Waals surface area contributed by atoms with Gasteiger partial charge in [0.2, 0.25) is 0 Å². The molecule has 0 N–H and O–H groups in total. The first-order chi connectivity index (χ1) is 9.42. The van der Waals surface area contributed by atoms with E-state index in [9.17, 15) is 4.79 Å². The lowest BCUT2D eigenvalue weighted by Gasteiger charge is -2.20. The molecule has 0 amide bonds. The van der Waals surface area contributed by atoms with Crippen molar-refractivity contribution in [3.63, 3.8) is 0 Å². The molecule has 3 heteroatoms. The maximum Gasteiger partial charge on any atom is 0.418 e. The molecule has 0 fully saturated rings. The van der Waals surface area contributed by atoms with Crippen molar-refractivity contribution in [2.24, 2.45) is 0 Å². The molecule has 0 radical (unpaired) electrons. The smallest absolute Gasteiger partial charge is 0.418 e. The maximum atomic E-state index is 12.2. The SMILES string of the molecule is C#Cc1ccccc1-c1cccn1C(=O)OC(C)(C)C. The molecule has 102 valence electrons. The minimum Gasteiger partial charge on any atom is -0.443 e. The molecule has 2 aromatic rings. The first-order valence-electron chi connectivity index (χ1n) is 6.39. The highest BCUT2D eigenvalue weighted by atomic mass is 16.6. The summed E-state index contributed by atoms with van der Waals surface area (Å²) in [4.78, 5) is 12.2. The maximum absolute atomic E-state index is 12.2. The molecule has 0 atom stereocenters. The van der Waals surface area contributed by atoms with E-state index in [0.29, 0.717) is 0 Å². The fraction of sp³-hybridized carbons (Fsp3) is 0.235. The highest BCUT2D eigenvalue weighted by Crippen LogP contribution is 2.24. The predicted molar refractivity (Wildman–Crippen MR) is 79.4 cm³/mol. The van der Waals surface area contributed by atoms with Crippen molar-refractivity contribution in [3.8, 4) is 23.6 Å². The number of nitrogens with zero attached hydrogens (tertiary/aromatic N) is 1. The molecule has 2 rings (SSSR count). The normalized spacial score (nSPS) is 10.9. The number of aromatic nitrogens is 1. The van der Waals surface area contributed by atoms with Crippen LogP contribution in [0, 0.1) is 12.3 Å². The van der Waals surface area contributed by atoms with Crippen LogP contribution in [0.25, 0.3) is 11.3 Å². The molecule has 1 aromatic heterocycles. The van der Waals surface area contributed by atoms with Crippen LogP contribution in [0.2, 0.25) is 0 Å². The molecule has 0 bridgehead atoms. The second kappa shape index (κ2) is 5.26. The second-order valence-electron chi connectivity index (χ2n) is 5.43. The summed E-state index contributed by atoms with van der Waals surface area (Å²) in [6.45, 7) is 5.51. The van der Waals surface area contributed by atoms with Gasteiger partial charge >= 0.3 is 6.09 Å². The summed E-state index contributed by atoms with van der Waals surface area (Å²) in [5.74, 6) is 2.63. The Bertz CT molecular complexity index is 669. The van der Waals surface area contributed by atoms with Gasteiger partial charge in [-0.3, -0.25) is 4.57 Å². The van der Waals surface area contributed by atoms with Crippen molar-refractivity contribution < 1.29 is 9.53 Å². The first-order valence-corrected chi connectivity index (χ1v) is 6.39. The van der Waals surface area contributed by atoms with Crippen LogP contribution < -0.4 is 0 Å². The van der Waals surface area contributed by atoms with Gasteiger partial charge in [-0.1, -0.05) is 24.1 Å². The van der Waals surface area contributed by atoms with Gasteiger partial charge in [0.25, 0.3) is 0 Å². The number of benzene rings is 1. The monoisotopic (exact) mass is 267 g/mol. The summed E-state index contributed by atoms with van der Waals surface area (Å²) >= 11 is 0. The van der Waals surface area contributed by atoms with Gasteiger partial charge in [0.15, 0.2) is 0 Å². The summed E-state index contributed by atoms with van der Waals surface area (Å²) in [5, 5.41) is 0. The molecule has 1 aromatic carbocycles. The second-order valence-corrected chi connectivity index (χ2v) is 5.43. The number of terminal acetylenes is 1. The Balaban J connectivity index is 2.44. The third kappa shape index (κ3) is 2.92. The zero-order chi connectivity index (χ0) is 14.8. The van der Waals surface area contributed by atoms with Gasteiger partial charge in [-0.05, 0) is 39.0 Å². The molecule has 0 saturated heterocycles. The zero-order valence-electron chi connectivity index (χ0n) is 11.9. The van der Waals surface area contributed by atoms with Crippen LogP contribution in [-0.2, 0) is 4.74 Å². The molecule has 0 saturated carbocycles. The minimum absolute atomic E-state index is 0.413. The largest absolute Gasteiger partial charge is 0.443 e. The average molecular weight is 267 g/mol. The van der Waals surface area contributed by atoms with Gasteiger partial charge in [-0.2, -0.15) is 0 Å². The number of hydrogen-bond donors (Lipinski definition) is 0. The van der Waals surface area contributed by atoms with Crippen molar-refractivity contribution in [3.05, 3.63) is 48.2 Å². The Hall–Kier alpha value is -2.47. The van der Waals surface area contributed by atoms with E-state index in [1.165, 1.54) is 4.57 Å². The van der Waals surface area contributed by atoms with E-state index in [1.807, 2.05) is 51.1 Å². The van der Waals surface area contributed by atoms with E-state index < -0.39 is 11.7 Å². The molecule has 0 aliphatic heterocycles. The van der Waals surface area contributed by atoms with Crippen molar-refractivity contribution >= 4 is 6.09 Å². The number of ether oxygens (including phenoxy) is 1. The van der Waals surface area contributed by atoms with Crippen LogP contribution in [0.4, 0.5) is 4.79 Å². The van der Waals surface area contributed by atoms with Gasteiger partial charge in [-0.25, -0.2) is 4.79 Å². The topological polar surface area (TPSA) is 31.2 Å². The van der Waals surface area contributed by atoms with Crippen LogP contribution >= 0.6 is 0 Å². The van der Waals surface area contributed by atoms with Gasteiger partial charge < -0.3 is 4.74 Å². The zero-order valence-corrected chi connectivity index (χ0v) is 11.9. The van der Waals surface area contributed by atoms with Gasteiger partial charge in [0.05, 0.1) is 5.69 Å². The lowest BCUT2D eigenvalue weighted by molar-refractivity contribution is 0.0540. The predicted octanol–water partition coefficient (Wildman–Crippen LogP) is 3.92. The Morgan fingerprint density at radius 2 is 1.90 bits per heavy atom. The van der Waals surface area contributed by atoms with Gasteiger partial charge in [-0.15, -0.1) is 6.42 Å². The summed E-state index contributed by atoms with van der Waals surface area (Å²) in [5.41, 5.74) is 1.78. The molecule has 3 nitrogen and oxygen atoms in total. The Morgan fingerprint density at radius 1 is 1.20 bits per heavy atom. The molecule has 0 spiro atoms. The third-order valence-corrected chi connectivity index (χ3v) is 2.70. The number of carbonyl (C=O) groups is 1. The summed E-state index contributed by atoms with van der Waals surface area (Å²) in [7, 11) is 0. The first kappa shape index (κ1) is 14.0.